The maximum Gasteiger partial charge on any atom is 0.265 e. The van der Waals surface area contributed by atoms with Crippen molar-refractivity contribution in [1.29, 1.82) is 0 Å². The van der Waals surface area contributed by atoms with E-state index >= 15 is 0 Å². The Morgan fingerprint density at radius 1 is 1.42 bits per heavy atom. The molecule has 2 aromatic rings. The quantitative estimate of drug-likeness (QED) is 0.513. The molecule has 0 radical (unpaired) electrons. The highest BCUT2D eigenvalue weighted by atomic mass is 79.9. The molecule has 0 aliphatic rings. The number of nitrogens with two attached hydrogens (primary N) is 1. The van der Waals surface area contributed by atoms with E-state index in [1.54, 1.807) is 30.6 Å². The lowest BCUT2D eigenvalue weighted by atomic mass is 10.2. The minimum Gasteiger partial charge on any atom is -0.488 e. The fourth-order valence-electron chi connectivity index (χ4n) is 1.49. The van der Waals surface area contributed by atoms with Gasteiger partial charge >= 0.3 is 0 Å². The number of halogens is 1. The normalized spacial score (nSPS) is 10.0. The van der Waals surface area contributed by atoms with E-state index in [9.17, 15) is 4.79 Å². The predicted octanol–water partition coefficient (Wildman–Crippen LogP) is 2.03. The van der Waals surface area contributed by atoms with Crippen LogP contribution in [0, 0.1) is 0 Å². The highest BCUT2D eigenvalue weighted by Crippen LogP contribution is 2.26. The van der Waals surface area contributed by atoms with Crippen LogP contribution < -0.4 is 16.0 Å². The number of carbonyl (C=O) groups is 1. The van der Waals surface area contributed by atoms with Gasteiger partial charge in [0.25, 0.3) is 5.91 Å². The number of carbonyl (C=O) groups excluding carboxylic acids is 1. The lowest BCUT2D eigenvalue weighted by Crippen LogP contribution is -2.29. The third-order valence-electron chi connectivity index (χ3n) is 2.44. The number of benzene rings is 1. The van der Waals surface area contributed by atoms with Crippen LogP contribution in [-0.4, -0.2) is 10.9 Å². The third-order valence-corrected chi connectivity index (χ3v) is 3.06. The Balaban J connectivity index is 2.07. The first kappa shape index (κ1) is 13.5. The molecule has 0 saturated heterocycles. The molecule has 0 fully saturated rings. The van der Waals surface area contributed by atoms with Crippen molar-refractivity contribution in [2.75, 3.05) is 0 Å². The minimum atomic E-state index is -0.348. The number of ether oxygens (including phenoxy) is 1. The number of nitrogens with one attached hydrogen (secondary N) is 1. The smallest absolute Gasteiger partial charge is 0.265 e. The second kappa shape index (κ2) is 6.31. The van der Waals surface area contributed by atoms with Crippen LogP contribution >= 0.6 is 15.9 Å². The van der Waals surface area contributed by atoms with E-state index in [2.05, 4.69) is 26.3 Å². The number of nitrogens with zero attached hydrogens (tertiary/aromatic N) is 1. The first-order valence-corrected chi connectivity index (χ1v) is 6.32. The monoisotopic (exact) mass is 321 g/mol. The fourth-order valence-corrected chi connectivity index (χ4v) is 1.98. The Bertz CT molecular complexity index is 575. The van der Waals surface area contributed by atoms with Gasteiger partial charge in [0, 0.05) is 23.5 Å². The van der Waals surface area contributed by atoms with Gasteiger partial charge in [-0.15, -0.1) is 0 Å². The van der Waals surface area contributed by atoms with Gasteiger partial charge in [0.05, 0.1) is 4.47 Å². The zero-order chi connectivity index (χ0) is 13.7. The molecule has 98 valence electrons. The summed E-state index contributed by atoms with van der Waals surface area (Å²) in [6.45, 7) is 0.412. The highest BCUT2D eigenvalue weighted by Gasteiger charge is 2.08. The average molecular weight is 322 g/mol. The Labute approximate surface area is 118 Å². The van der Waals surface area contributed by atoms with E-state index in [0.29, 0.717) is 22.4 Å². The Kier molecular flexibility index (Phi) is 4.48. The number of hydrogen-bond acceptors (Lipinski definition) is 4. The second-order valence-electron chi connectivity index (χ2n) is 3.77. The summed E-state index contributed by atoms with van der Waals surface area (Å²) >= 11 is 3.36. The van der Waals surface area contributed by atoms with E-state index in [4.69, 9.17) is 10.6 Å². The topological polar surface area (TPSA) is 77.2 Å². The molecular formula is C13H12BrN3O2. The lowest BCUT2D eigenvalue weighted by Gasteiger charge is -2.09. The van der Waals surface area contributed by atoms with Crippen LogP contribution in [0.4, 0.5) is 0 Å². The van der Waals surface area contributed by atoms with Crippen molar-refractivity contribution in [1.82, 2.24) is 10.4 Å². The predicted molar refractivity (Wildman–Crippen MR) is 74.4 cm³/mol. The zero-order valence-electron chi connectivity index (χ0n) is 9.97. The molecule has 1 heterocycles. The van der Waals surface area contributed by atoms with Gasteiger partial charge < -0.3 is 4.74 Å². The Morgan fingerprint density at radius 3 is 2.89 bits per heavy atom. The standard InChI is InChI=1S/C13H12BrN3O2/c14-11-6-10(13(18)17-15)3-4-12(11)19-8-9-2-1-5-16-7-9/h1-7H,8,15H2,(H,17,18). The SMILES string of the molecule is NNC(=O)c1ccc(OCc2cccnc2)c(Br)c1. The van der Waals surface area contributed by atoms with Gasteiger partial charge in [-0.2, -0.15) is 0 Å². The van der Waals surface area contributed by atoms with Crippen molar-refractivity contribution >= 4 is 21.8 Å². The number of hydrazine groups is 1. The molecule has 0 saturated carbocycles. The van der Waals surface area contributed by atoms with Gasteiger partial charge in [0.2, 0.25) is 0 Å². The van der Waals surface area contributed by atoms with Crippen LogP contribution in [-0.2, 0) is 6.61 Å². The number of hydrogen-bond donors (Lipinski definition) is 2. The van der Waals surface area contributed by atoms with Crippen molar-refractivity contribution < 1.29 is 9.53 Å². The number of amides is 1. The van der Waals surface area contributed by atoms with Gasteiger partial charge in [-0.3, -0.25) is 15.2 Å². The third kappa shape index (κ3) is 3.52. The molecule has 5 nitrogen and oxygen atoms in total. The average Bonchev–Trinajstić information content (AvgIpc) is 2.46. The zero-order valence-corrected chi connectivity index (χ0v) is 11.6. The van der Waals surface area contributed by atoms with Crippen molar-refractivity contribution in [2.45, 2.75) is 6.61 Å². The number of pyridine rings is 1. The summed E-state index contributed by atoms with van der Waals surface area (Å²) in [5, 5.41) is 0. The first-order valence-electron chi connectivity index (χ1n) is 5.53. The molecule has 1 amide bonds. The van der Waals surface area contributed by atoms with Crippen LogP contribution in [0.25, 0.3) is 0 Å². The summed E-state index contributed by atoms with van der Waals surface area (Å²) in [7, 11) is 0. The van der Waals surface area contributed by atoms with Crippen LogP contribution in [0.2, 0.25) is 0 Å². The first-order chi connectivity index (χ1) is 9.20. The lowest BCUT2D eigenvalue weighted by molar-refractivity contribution is 0.0953. The molecule has 0 atom stereocenters. The summed E-state index contributed by atoms with van der Waals surface area (Å²) in [4.78, 5) is 15.4. The molecule has 0 unspecified atom stereocenters. The maximum atomic E-state index is 11.4. The van der Waals surface area contributed by atoms with E-state index in [1.807, 2.05) is 12.1 Å². The molecule has 6 heteroatoms. The highest BCUT2D eigenvalue weighted by molar-refractivity contribution is 9.10. The number of rotatable bonds is 4. The van der Waals surface area contributed by atoms with Gasteiger partial charge in [-0.05, 0) is 40.2 Å². The molecule has 1 aromatic heterocycles. The molecule has 1 aromatic carbocycles. The van der Waals surface area contributed by atoms with Crippen LogP contribution in [0.1, 0.15) is 15.9 Å². The van der Waals surface area contributed by atoms with Crippen LogP contribution in [0.3, 0.4) is 0 Å². The van der Waals surface area contributed by atoms with Gasteiger partial charge in [-0.25, -0.2) is 5.84 Å². The van der Waals surface area contributed by atoms with Gasteiger partial charge in [-0.1, -0.05) is 6.07 Å². The van der Waals surface area contributed by atoms with E-state index < -0.39 is 0 Å². The van der Waals surface area contributed by atoms with Crippen molar-refractivity contribution in [2.24, 2.45) is 5.84 Å². The van der Waals surface area contributed by atoms with Gasteiger partial charge in [0.1, 0.15) is 12.4 Å². The molecule has 0 bridgehead atoms. The largest absolute Gasteiger partial charge is 0.488 e. The molecule has 3 N–H and O–H groups in total. The van der Waals surface area contributed by atoms with E-state index in [1.165, 1.54) is 0 Å². The molecule has 0 aliphatic heterocycles. The second-order valence-corrected chi connectivity index (χ2v) is 4.62. The van der Waals surface area contributed by atoms with Crippen LogP contribution in [0.5, 0.6) is 5.75 Å². The molecule has 0 spiro atoms. The minimum absolute atomic E-state index is 0.348. The van der Waals surface area contributed by atoms with Crippen molar-refractivity contribution in [3.63, 3.8) is 0 Å². The number of aromatic nitrogens is 1. The summed E-state index contributed by atoms with van der Waals surface area (Å²) in [5.74, 6) is 5.38. The Morgan fingerprint density at radius 2 is 2.26 bits per heavy atom. The van der Waals surface area contributed by atoms with Crippen molar-refractivity contribution in [3.05, 3.63) is 58.3 Å². The molecular weight excluding hydrogens is 310 g/mol. The fraction of sp³-hybridized carbons (Fsp3) is 0.0769. The Hall–Kier alpha value is -1.92. The van der Waals surface area contributed by atoms with Gasteiger partial charge in [0.15, 0.2) is 0 Å². The van der Waals surface area contributed by atoms with Crippen LogP contribution in [0.15, 0.2) is 47.2 Å². The summed E-state index contributed by atoms with van der Waals surface area (Å²) in [6, 6.07) is 8.79. The van der Waals surface area contributed by atoms with E-state index in [-0.39, 0.29) is 5.91 Å². The summed E-state index contributed by atoms with van der Waals surface area (Å²) in [5.41, 5.74) is 3.51. The summed E-state index contributed by atoms with van der Waals surface area (Å²) in [6.07, 6.45) is 3.45. The maximum absolute atomic E-state index is 11.4. The molecule has 2 rings (SSSR count). The molecule has 19 heavy (non-hydrogen) atoms. The van der Waals surface area contributed by atoms with Crippen molar-refractivity contribution in [3.8, 4) is 5.75 Å². The number of nitrogen functional groups attached to an aromatic ring is 1. The van der Waals surface area contributed by atoms with E-state index in [0.717, 1.165) is 5.56 Å². The molecule has 0 aliphatic carbocycles. The summed E-state index contributed by atoms with van der Waals surface area (Å²) < 4.78 is 6.33.